The van der Waals surface area contributed by atoms with E-state index in [-0.39, 0.29) is 22.0 Å². The van der Waals surface area contributed by atoms with E-state index in [1.54, 1.807) is 0 Å². The highest BCUT2D eigenvalue weighted by Gasteiger charge is 2.33. The first-order valence-electron chi connectivity index (χ1n) is 10.1. The van der Waals surface area contributed by atoms with Crippen LogP contribution in [-0.4, -0.2) is 35.5 Å². The smallest absolute Gasteiger partial charge is 0.325 e. The maximum atomic E-state index is 13.1. The average molecular weight is 596 g/mol. The van der Waals surface area contributed by atoms with E-state index in [1.165, 1.54) is 36.4 Å². The molecule has 0 aliphatic carbocycles. The molecule has 2 N–H and O–H groups in total. The van der Waals surface area contributed by atoms with E-state index in [4.69, 9.17) is 23.2 Å². The standard InChI is InChI=1S/C22H18Cl2F3N3O5S2/c1-36(32,33)30(17-7-2-14(23)3-8-17)13-21(31)28-15-4-9-18(10-5-15)37(34,35)29-16-6-11-20(24)19(12-16)22(25,26)27/h2-12,29H,13H2,1H3,(H,28,31). The van der Waals surface area contributed by atoms with Crippen molar-refractivity contribution in [2.75, 3.05) is 27.1 Å². The zero-order chi connectivity index (χ0) is 27.6. The molecule has 0 aliphatic rings. The highest BCUT2D eigenvalue weighted by molar-refractivity contribution is 7.92. The molecule has 198 valence electrons. The molecule has 0 radical (unpaired) electrons. The summed E-state index contributed by atoms with van der Waals surface area (Å²) in [7, 11) is -8.11. The van der Waals surface area contributed by atoms with Gasteiger partial charge in [0.1, 0.15) is 6.54 Å². The molecule has 1 amide bonds. The molecule has 0 unspecified atom stereocenters. The minimum atomic E-state index is -4.78. The van der Waals surface area contributed by atoms with Gasteiger partial charge in [0.15, 0.2) is 0 Å². The number of carbonyl (C=O) groups excluding carboxylic acids is 1. The molecule has 3 aromatic rings. The van der Waals surface area contributed by atoms with Crippen LogP contribution in [0.5, 0.6) is 0 Å². The Hall–Kier alpha value is -3.00. The molecule has 15 heteroatoms. The summed E-state index contributed by atoms with van der Waals surface area (Å²) in [5, 5.41) is 2.25. The quantitative estimate of drug-likeness (QED) is 0.371. The van der Waals surface area contributed by atoms with Crippen molar-refractivity contribution in [2.45, 2.75) is 11.1 Å². The van der Waals surface area contributed by atoms with Gasteiger partial charge in [-0.1, -0.05) is 23.2 Å². The van der Waals surface area contributed by atoms with Crippen molar-refractivity contribution < 1.29 is 34.8 Å². The van der Waals surface area contributed by atoms with Crippen LogP contribution in [0.3, 0.4) is 0 Å². The first-order chi connectivity index (χ1) is 17.1. The summed E-state index contributed by atoms with van der Waals surface area (Å²) in [5.74, 6) is -0.713. The largest absolute Gasteiger partial charge is 0.417 e. The molecular formula is C22H18Cl2F3N3O5S2. The number of rotatable bonds is 8. The Balaban J connectivity index is 1.73. The SMILES string of the molecule is CS(=O)(=O)N(CC(=O)Nc1ccc(S(=O)(=O)Nc2ccc(Cl)c(C(F)(F)F)c2)cc1)c1ccc(Cl)cc1. The topological polar surface area (TPSA) is 113 Å². The van der Waals surface area contributed by atoms with Crippen molar-refractivity contribution in [1.82, 2.24) is 0 Å². The normalized spacial score (nSPS) is 12.2. The zero-order valence-corrected chi connectivity index (χ0v) is 21.9. The van der Waals surface area contributed by atoms with Crippen LogP contribution < -0.4 is 14.3 Å². The van der Waals surface area contributed by atoms with Crippen LogP contribution in [0.25, 0.3) is 0 Å². The van der Waals surface area contributed by atoms with E-state index in [2.05, 4.69) is 5.32 Å². The fraction of sp³-hybridized carbons (Fsp3) is 0.136. The molecule has 0 fully saturated rings. The lowest BCUT2D eigenvalue weighted by molar-refractivity contribution is -0.137. The number of nitrogens with one attached hydrogen (secondary N) is 2. The Kier molecular flexibility index (Phi) is 8.32. The molecule has 0 aliphatic heterocycles. The predicted octanol–water partition coefficient (Wildman–Crippen LogP) is 5.22. The summed E-state index contributed by atoms with van der Waals surface area (Å²) >= 11 is 11.4. The molecule has 0 aromatic heterocycles. The van der Waals surface area contributed by atoms with Crippen molar-refractivity contribution in [3.05, 3.63) is 82.3 Å². The molecule has 0 saturated carbocycles. The second kappa shape index (κ2) is 10.8. The van der Waals surface area contributed by atoms with Crippen molar-refractivity contribution in [3.8, 4) is 0 Å². The van der Waals surface area contributed by atoms with Gasteiger partial charge < -0.3 is 5.32 Å². The molecule has 3 aromatic carbocycles. The second-order valence-electron chi connectivity index (χ2n) is 7.62. The van der Waals surface area contributed by atoms with E-state index in [0.29, 0.717) is 11.1 Å². The average Bonchev–Trinajstić information content (AvgIpc) is 2.78. The molecule has 0 saturated heterocycles. The van der Waals surface area contributed by atoms with Crippen LogP contribution in [0.2, 0.25) is 10.0 Å². The summed E-state index contributed by atoms with van der Waals surface area (Å²) in [6, 6.07) is 13.1. The molecule has 8 nitrogen and oxygen atoms in total. The van der Waals surface area contributed by atoms with Gasteiger partial charge in [-0.2, -0.15) is 13.2 Å². The number of halogens is 5. The van der Waals surface area contributed by atoms with Crippen LogP contribution in [0.4, 0.5) is 30.2 Å². The number of nitrogens with zero attached hydrogens (tertiary/aromatic N) is 1. The third-order valence-electron chi connectivity index (χ3n) is 4.77. The lowest BCUT2D eigenvalue weighted by atomic mass is 10.2. The first kappa shape index (κ1) is 28.6. The van der Waals surface area contributed by atoms with Gasteiger partial charge in [0.05, 0.1) is 27.4 Å². The van der Waals surface area contributed by atoms with Gasteiger partial charge in [0.2, 0.25) is 15.9 Å². The Morgan fingerprint density at radius 3 is 2.00 bits per heavy atom. The van der Waals surface area contributed by atoms with Gasteiger partial charge in [-0.15, -0.1) is 0 Å². The molecule has 0 atom stereocenters. The van der Waals surface area contributed by atoms with E-state index < -0.39 is 49.3 Å². The number of alkyl halides is 3. The van der Waals surface area contributed by atoms with Gasteiger partial charge in [0.25, 0.3) is 10.0 Å². The van der Waals surface area contributed by atoms with Crippen LogP contribution in [-0.2, 0) is 31.0 Å². The van der Waals surface area contributed by atoms with Crippen LogP contribution in [0.1, 0.15) is 5.56 Å². The third-order valence-corrected chi connectivity index (χ3v) is 7.89. The Labute approximate surface area is 221 Å². The van der Waals surface area contributed by atoms with Gasteiger partial charge in [-0.25, -0.2) is 16.8 Å². The van der Waals surface area contributed by atoms with E-state index in [1.807, 2.05) is 4.72 Å². The molecule has 0 spiro atoms. The minimum Gasteiger partial charge on any atom is -0.325 e. The minimum absolute atomic E-state index is 0.152. The molecule has 3 rings (SSSR count). The molecule has 0 heterocycles. The van der Waals surface area contributed by atoms with Gasteiger partial charge in [-0.05, 0) is 66.7 Å². The first-order valence-corrected chi connectivity index (χ1v) is 14.2. The molecule has 37 heavy (non-hydrogen) atoms. The Bertz CT molecular complexity index is 1510. The summed E-state index contributed by atoms with van der Waals surface area (Å²) in [6.07, 6.45) is -3.85. The number of sulfonamides is 2. The van der Waals surface area contributed by atoms with Gasteiger partial charge >= 0.3 is 6.18 Å². The number of amides is 1. The van der Waals surface area contributed by atoms with Crippen LogP contribution in [0.15, 0.2) is 71.6 Å². The van der Waals surface area contributed by atoms with E-state index in [0.717, 1.165) is 34.8 Å². The highest BCUT2D eigenvalue weighted by Crippen LogP contribution is 2.36. The summed E-state index contributed by atoms with van der Waals surface area (Å²) in [6.45, 7) is -0.569. The number of carbonyl (C=O) groups is 1. The molecular weight excluding hydrogens is 578 g/mol. The number of anilines is 3. The summed E-state index contributed by atoms with van der Waals surface area (Å²) in [4.78, 5) is 12.2. The summed E-state index contributed by atoms with van der Waals surface area (Å²) < 4.78 is 91.7. The fourth-order valence-electron chi connectivity index (χ4n) is 3.08. The van der Waals surface area contributed by atoms with Crippen molar-refractivity contribution in [2.24, 2.45) is 0 Å². The number of hydrogen-bond acceptors (Lipinski definition) is 5. The number of hydrogen-bond donors (Lipinski definition) is 2. The van der Waals surface area contributed by atoms with Gasteiger partial charge in [0, 0.05) is 16.4 Å². The monoisotopic (exact) mass is 595 g/mol. The predicted molar refractivity (Wildman–Crippen MR) is 136 cm³/mol. The van der Waals surface area contributed by atoms with Crippen molar-refractivity contribution in [3.63, 3.8) is 0 Å². The Morgan fingerprint density at radius 1 is 0.892 bits per heavy atom. The Morgan fingerprint density at radius 2 is 1.46 bits per heavy atom. The third kappa shape index (κ3) is 7.51. The molecule has 0 bridgehead atoms. The highest BCUT2D eigenvalue weighted by atomic mass is 35.5. The summed E-state index contributed by atoms with van der Waals surface area (Å²) in [5.41, 5.74) is -1.18. The van der Waals surface area contributed by atoms with E-state index >= 15 is 0 Å². The zero-order valence-electron chi connectivity index (χ0n) is 18.8. The maximum absolute atomic E-state index is 13.1. The van der Waals surface area contributed by atoms with Crippen LogP contribution in [0, 0.1) is 0 Å². The fourth-order valence-corrected chi connectivity index (χ4v) is 5.33. The maximum Gasteiger partial charge on any atom is 0.417 e. The lowest BCUT2D eigenvalue weighted by Crippen LogP contribution is -2.37. The van der Waals surface area contributed by atoms with Gasteiger partial charge in [-0.3, -0.25) is 13.8 Å². The second-order valence-corrected chi connectivity index (χ2v) is 12.0. The van der Waals surface area contributed by atoms with Crippen molar-refractivity contribution >= 4 is 66.2 Å². The van der Waals surface area contributed by atoms with E-state index in [9.17, 15) is 34.8 Å². The van der Waals surface area contributed by atoms with Crippen molar-refractivity contribution in [1.29, 1.82) is 0 Å². The lowest BCUT2D eigenvalue weighted by Gasteiger charge is -2.22. The van der Waals surface area contributed by atoms with Crippen LogP contribution >= 0.6 is 23.2 Å². The number of benzene rings is 3.